The Morgan fingerprint density at radius 2 is 1.78 bits per heavy atom. The van der Waals surface area contributed by atoms with Crippen molar-refractivity contribution >= 4 is 17.7 Å². The average Bonchev–Trinajstić information content (AvgIpc) is 2.59. The number of hydrazine groups is 1. The number of hydrogen-bond acceptors (Lipinski definition) is 6. The van der Waals surface area contributed by atoms with Gasteiger partial charge in [0.25, 0.3) is 0 Å². The Morgan fingerprint density at radius 1 is 1.13 bits per heavy atom. The van der Waals surface area contributed by atoms with Crippen LogP contribution in [0, 0.1) is 0 Å². The van der Waals surface area contributed by atoms with Crippen molar-refractivity contribution in [3.8, 4) is 5.75 Å². The molecule has 8 nitrogen and oxygen atoms in total. The molecular weight excluding hydrogens is 296 g/mol. The molecule has 0 aromatic heterocycles. The largest absolute Gasteiger partial charge is 0.494 e. The molecule has 0 saturated carbocycles. The molecule has 0 aliphatic heterocycles. The van der Waals surface area contributed by atoms with E-state index in [2.05, 4.69) is 21.4 Å². The van der Waals surface area contributed by atoms with Crippen molar-refractivity contribution in [2.24, 2.45) is 16.3 Å². The van der Waals surface area contributed by atoms with Gasteiger partial charge in [-0.2, -0.15) is 0 Å². The fourth-order valence-corrected chi connectivity index (χ4v) is 1.49. The van der Waals surface area contributed by atoms with Crippen LogP contribution in [0.25, 0.3) is 0 Å². The number of nitrogens with two attached hydrogens (primary N) is 2. The highest BCUT2D eigenvalue weighted by atomic mass is 16.5. The van der Waals surface area contributed by atoms with E-state index in [1.54, 1.807) is 24.3 Å². The minimum atomic E-state index is 0.617. The fraction of sp³-hybridized carbons (Fsp3) is 0.133. The van der Waals surface area contributed by atoms with Gasteiger partial charge in [-0.15, -0.1) is 0 Å². The lowest BCUT2D eigenvalue weighted by Crippen LogP contribution is -2.14. The first-order chi connectivity index (χ1) is 11.2. The van der Waals surface area contributed by atoms with Crippen molar-refractivity contribution in [3.05, 3.63) is 54.1 Å². The lowest BCUT2D eigenvalue weighted by atomic mass is 10.2. The number of rotatable bonds is 6. The molecule has 0 spiro atoms. The third-order valence-corrected chi connectivity index (χ3v) is 2.55. The quantitative estimate of drug-likeness (QED) is 0.213. The third kappa shape index (κ3) is 7.32. The van der Waals surface area contributed by atoms with Crippen LogP contribution in [0.1, 0.15) is 17.3 Å². The van der Waals surface area contributed by atoms with E-state index in [0.29, 0.717) is 12.2 Å². The number of carbonyl (C=O) groups excluding carboxylic acids is 1. The maximum atomic E-state index is 10.3. The van der Waals surface area contributed by atoms with Crippen LogP contribution < -0.4 is 27.3 Å². The van der Waals surface area contributed by atoms with Crippen LogP contribution in [0.3, 0.4) is 0 Å². The number of aldehydes is 1. The van der Waals surface area contributed by atoms with E-state index < -0.39 is 0 Å². The summed E-state index contributed by atoms with van der Waals surface area (Å²) in [6.45, 7) is 2.65. The summed E-state index contributed by atoms with van der Waals surface area (Å²) < 4.78 is 5.21. The van der Waals surface area contributed by atoms with Gasteiger partial charge in [0.15, 0.2) is 0 Å². The van der Waals surface area contributed by atoms with Crippen LogP contribution in [-0.4, -0.2) is 12.9 Å². The van der Waals surface area contributed by atoms with Crippen molar-refractivity contribution < 1.29 is 9.53 Å². The molecule has 0 aliphatic carbocycles. The molecule has 0 aliphatic rings. The summed E-state index contributed by atoms with van der Waals surface area (Å²) in [6, 6.07) is 14.2. The van der Waals surface area contributed by atoms with Crippen molar-refractivity contribution in [1.29, 1.82) is 0 Å². The average molecular weight is 316 g/mol. The molecule has 2 aromatic carbocycles. The Balaban J connectivity index is 0.000000238. The molecule has 2 aromatic rings. The first kappa shape index (κ1) is 17.8. The number of nitrogens with zero attached hydrogens (tertiary/aromatic N) is 2. The predicted molar refractivity (Wildman–Crippen MR) is 89.7 cm³/mol. The Kier molecular flexibility index (Phi) is 8.06. The number of carbonyl (C=O) groups is 1. The van der Waals surface area contributed by atoms with Crippen molar-refractivity contribution in [3.63, 3.8) is 0 Å². The summed E-state index contributed by atoms with van der Waals surface area (Å²) in [7, 11) is 0. The summed E-state index contributed by atoms with van der Waals surface area (Å²) in [6.07, 6.45) is 0.775. The SMILES string of the molecule is CCOc1ccc(N)cc1.N/N=N\NNc1ccc(C=O)cc1. The van der Waals surface area contributed by atoms with E-state index >= 15 is 0 Å². The predicted octanol–water partition coefficient (Wildman–Crippen LogP) is 2.32. The molecule has 0 fully saturated rings. The van der Waals surface area contributed by atoms with Crippen LogP contribution in [0.2, 0.25) is 0 Å². The molecule has 8 heteroatoms. The highest BCUT2D eigenvalue weighted by Crippen LogP contribution is 2.12. The Hall–Kier alpha value is -3.29. The van der Waals surface area contributed by atoms with E-state index in [9.17, 15) is 4.79 Å². The fourth-order valence-electron chi connectivity index (χ4n) is 1.49. The monoisotopic (exact) mass is 316 g/mol. The number of nitrogens with one attached hydrogen (secondary N) is 2. The number of hydrogen-bond donors (Lipinski definition) is 4. The van der Waals surface area contributed by atoms with E-state index in [1.165, 1.54) is 0 Å². The Labute approximate surface area is 134 Å². The summed E-state index contributed by atoms with van der Waals surface area (Å²) in [5, 5.41) is 6.26. The molecule has 0 bridgehead atoms. The van der Waals surface area contributed by atoms with E-state index in [0.717, 1.165) is 23.4 Å². The van der Waals surface area contributed by atoms with Crippen molar-refractivity contribution in [2.45, 2.75) is 6.92 Å². The zero-order chi connectivity index (χ0) is 16.9. The number of nitrogen functional groups attached to an aromatic ring is 1. The first-order valence-electron chi connectivity index (χ1n) is 6.84. The summed E-state index contributed by atoms with van der Waals surface area (Å²) in [4.78, 5) is 10.3. The maximum absolute atomic E-state index is 10.3. The molecular formula is C15H20N6O2. The number of ether oxygens (including phenoxy) is 1. The van der Waals surface area contributed by atoms with E-state index in [-0.39, 0.29) is 0 Å². The molecule has 0 unspecified atom stereocenters. The molecule has 0 radical (unpaired) electrons. The summed E-state index contributed by atoms with van der Waals surface area (Å²) in [5.41, 5.74) is 12.7. The smallest absolute Gasteiger partial charge is 0.150 e. The summed E-state index contributed by atoms with van der Waals surface area (Å²) >= 11 is 0. The highest BCUT2D eigenvalue weighted by molar-refractivity contribution is 5.75. The molecule has 0 saturated heterocycles. The Morgan fingerprint density at radius 3 is 2.30 bits per heavy atom. The van der Waals surface area contributed by atoms with Gasteiger partial charge < -0.3 is 16.3 Å². The molecule has 6 N–H and O–H groups in total. The normalized spacial score (nSPS) is 9.61. The number of benzene rings is 2. The minimum Gasteiger partial charge on any atom is -0.494 e. The van der Waals surface area contributed by atoms with Crippen LogP contribution in [0.5, 0.6) is 5.75 Å². The van der Waals surface area contributed by atoms with Crippen LogP contribution >= 0.6 is 0 Å². The molecule has 2 rings (SSSR count). The van der Waals surface area contributed by atoms with Crippen LogP contribution in [-0.2, 0) is 0 Å². The molecule has 0 amide bonds. The summed E-state index contributed by atoms with van der Waals surface area (Å²) in [5.74, 6) is 5.62. The topological polar surface area (TPSA) is 127 Å². The molecule has 0 heterocycles. The van der Waals surface area contributed by atoms with Gasteiger partial charge in [-0.3, -0.25) is 10.2 Å². The van der Waals surface area contributed by atoms with E-state index in [4.69, 9.17) is 16.3 Å². The second-order valence-electron chi connectivity index (χ2n) is 4.19. The maximum Gasteiger partial charge on any atom is 0.150 e. The second kappa shape index (κ2) is 10.4. The molecule has 23 heavy (non-hydrogen) atoms. The lowest BCUT2D eigenvalue weighted by molar-refractivity contribution is 0.112. The van der Waals surface area contributed by atoms with Gasteiger partial charge in [-0.25, -0.2) is 5.53 Å². The minimum absolute atomic E-state index is 0.617. The second-order valence-corrected chi connectivity index (χ2v) is 4.19. The highest BCUT2D eigenvalue weighted by Gasteiger charge is 1.90. The number of anilines is 2. The third-order valence-electron chi connectivity index (χ3n) is 2.55. The van der Waals surface area contributed by atoms with Gasteiger partial charge >= 0.3 is 0 Å². The van der Waals surface area contributed by atoms with Gasteiger partial charge in [-0.05, 0) is 60.7 Å². The Bertz CT molecular complexity index is 598. The molecule has 0 atom stereocenters. The van der Waals surface area contributed by atoms with Gasteiger partial charge in [0.1, 0.15) is 12.0 Å². The van der Waals surface area contributed by atoms with Gasteiger partial charge in [0.2, 0.25) is 0 Å². The van der Waals surface area contributed by atoms with Crippen LogP contribution in [0.4, 0.5) is 11.4 Å². The first-order valence-corrected chi connectivity index (χ1v) is 6.84. The lowest BCUT2D eigenvalue weighted by Gasteiger charge is -2.02. The zero-order valence-electron chi connectivity index (χ0n) is 12.8. The van der Waals surface area contributed by atoms with Gasteiger partial charge in [0.05, 0.1) is 12.3 Å². The molecule has 122 valence electrons. The standard InChI is InChI=1S/C8H11NO.C7H9N5O/c1-2-10-8-5-3-7(9)4-6-8;8-10-12-11-9-7-3-1-6(5-13)2-4-7/h3-6H,2,9H2,1H3;1-5H,(H,10,11)(H3,8,9,12). The van der Waals surface area contributed by atoms with E-state index in [1.807, 2.05) is 31.2 Å². The van der Waals surface area contributed by atoms with Crippen LogP contribution in [0.15, 0.2) is 59.0 Å². The van der Waals surface area contributed by atoms with Gasteiger partial charge in [-0.1, -0.05) is 5.22 Å². The van der Waals surface area contributed by atoms with Crippen molar-refractivity contribution in [2.75, 3.05) is 17.8 Å². The zero-order valence-corrected chi connectivity index (χ0v) is 12.8. The van der Waals surface area contributed by atoms with Gasteiger partial charge in [0, 0.05) is 11.3 Å². The van der Waals surface area contributed by atoms with Crippen molar-refractivity contribution in [1.82, 2.24) is 5.53 Å².